The van der Waals surface area contributed by atoms with Gasteiger partial charge in [0.1, 0.15) is 5.56 Å². The van der Waals surface area contributed by atoms with E-state index in [-0.39, 0.29) is 10.6 Å². The molecule has 1 aromatic carbocycles. The number of aromatic nitrogens is 4. The third-order valence-corrected chi connectivity index (χ3v) is 4.92. The molecule has 25 heavy (non-hydrogen) atoms. The van der Waals surface area contributed by atoms with E-state index in [1.165, 1.54) is 4.68 Å². The Morgan fingerprint density at radius 2 is 1.84 bits per heavy atom. The topological polar surface area (TPSA) is 110 Å². The number of para-hydroxylation sites is 1. The first-order chi connectivity index (χ1) is 11.8. The number of rotatable bonds is 4. The lowest BCUT2D eigenvalue weighted by Crippen LogP contribution is -2.21. The van der Waals surface area contributed by atoms with Gasteiger partial charge in [0.15, 0.2) is 0 Å². The first-order valence-corrected chi connectivity index (χ1v) is 8.98. The van der Waals surface area contributed by atoms with Gasteiger partial charge in [0.25, 0.3) is 15.9 Å². The van der Waals surface area contributed by atoms with Crippen molar-refractivity contribution < 1.29 is 13.2 Å². The Morgan fingerprint density at radius 1 is 1.16 bits per heavy atom. The van der Waals surface area contributed by atoms with Crippen molar-refractivity contribution in [1.29, 1.82) is 0 Å². The van der Waals surface area contributed by atoms with Gasteiger partial charge in [-0.25, -0.2) is 4.68 Å². The second-order valence-corrected chi connectivity index (χ2v) is 7.24. The van der Waals surface area contributed by atoms with Crippen molar-refractivity contribution >= 4 is 21.6 Å². The first-order valence-electron chi connectivity index (χ1n) is 7.50. The number of benzene rings is 1. The van der Waals surface area contributed by atoms with Gasteiger partial charge in [-0.3, -0.25) is 14.6 Å². The molecule has 2 heterocycles. The van der Waals surface area contributed by atoms with Crippen molar-refractivity contribution in [2.24, 2.45) is 0 Å². The van der Waals surface area contributed by atoms with Crippen LogP contribution in [0.4, 0.5) is 5.69 Å². The Balaban J connectivity index is 2.05. The maximum atomic E-state index is 12.8. The quantitative estimate of drug-likeness (QED) is 0.740. The van der Waals surface area contributed by atoms with Crippen molar-refractivity contribution in [3.8, 4) is 0 Å². The maximum absolute atomic E-state index is 12.8. The summed E-state index contributed by atoms with van der Waals surface area (Å²) in [6.07, 6.45) is 0. The smallest absolute Gasteiger partial charge is 0.281 e. The van der Waals surface area contributed by atoms with Crippen LogP contribution in [-0.2, 0) is 10.0 Å². The number of nitrogens with zero attached hydrogens (tertiary/aromatic N) is 3. The van der Waals surface area contributed by atoms with E-state index in [0.717, 1.165) is 0 Å². The molecule has 0 atom stereocenters. The van der Waals surface area contributed by atoms with E-state index >= 15 is 0 Å². The Labute approximate surface area is 144 Å². The molecule has 8 nitrogen and oxygen atoms in total. The van der Waals surface area contributed by atoms with Gasteiger partial charge in [-0.05, 0) is 39.0 Å². The summed E-state index contributed by atoms with van der Waals surface area (Å²) in [4.78, 5) is 12.8. The van der Waals surface area contributed by atoms with Crippen LogP contribution >= 0.6 is 0 Å². The zero-order valence-corrected chi connectivity index (χ0v) is 14.8. The van der Waals surface area contributed by atoms with Gasteiger partial charge in [0.2, 0.25) is 5.03 Å². The van der Waals surface area contributed by atoms with Gasteiger partial charge >= 0.3 is 0 Å². The van der Waals surface area contributed by atoms with E-state index in [9.17, 15) is 13.2 Å². The number of carbonyl (C=O) groups is 1. The number of anilines is 1. The summed E-state index contributed by atoms with van der Waals surface area (Å²) in [5.41, 5.74) is 1.98. The summed E-state index contributed by atoms with van der Waals surface area (Å²) in [7, 11) is -4.04. The number of H-pyrrole nitrogens is 1. The zero-order chi connectivity index (χ0) is 18.2. The molecule has 9 heteroatoms. The van der Waals surface area contributed by atoms with E-state index in [0.29, 0.717) is 22.8 Å². The van der Waals surface area contributed by atoms with Crippen molar-refractivity contribution in [1.82, 2.24) is 20.0 Å². The number of carbonyl (C=O) groups excluding carboxylic acids is 1. The lowest BCUT2D eigenvalue weighted by molar-refractivity contribution is 0.0938. The predicted molar refractivity (Wildman–Crippen MR) is 92.0 cm³/mol. The highest BCUT2D eigenvalue weighted by Crippen LogP contribution is 2.21. The van der Waals surface area contributed by atoms with E-state index in [1.54, 1.807) is 57.2 Å². The van der Waals surface area contributed by atoms with Gasteiger partial charge in [0, 0.05) is 17.1 Å². The van der Waals surface area contributed by atoms with Crippen LogP contribution in [0.25, 0.3) is 0 Å². The molecule has 3 rings (SSSR count). The Kier molecular flexibility index (Phi) is 4.17. The fourth-order valence-corrected chi connectivity index (χ4v) is 3.72. The molecule has 0 saturated heterocycles. The van der Waals surface area contributed by atoms with E-state index in [2.05, 4.69) is 20.0 Å². The molecular formula is C16H17N5O3S. The van der Waals surface area contributed by atoms with Crippen LogP contribution in [0, 0.1) is 20.8 Å². The van der Waals surface area contributed by atoms with Crippen molar-refractivity contribution in [3.63, 3.8) is 0 Å². The third-order valence-electron chi connectivity index (χ3n) is 3.61. The fourth-order valence-electron chi connectivity index (χ4n) is 2.50. The third kappa shape index (κ3) is 3.18. The van der Waals surface area contributed by atoms with Gasteiger partial charge in [-0.2, -0.15) is 18.6 Å². The Hall–Kier alpha value is -2.94. The molecule has 2 aromatic heterocycles. The predicted octanol–water partition coefficient (Wildman–Crippen LogP) is 2.02. The number of sulfonamides is 1. The average Bonchev–Trinajstić information content (AvgIpc) is 3.10. The molecule has 0 aliphatic rings. The normalized spacial score (nSPS) is 11.5. The molecule has 0 unspecified atom stereocenters. The first kappa shape index (κ1) is 16.9. The van der Waals surface area contributed by atoms with Crippen molar-refractivity contribution in [3.05, 3.63) is 59.0 Å². The van der Waals surface area contributed by atoms with Crippen LogP contribution in [0.3, 0.4) is 0 Å². The summed E-state index contributed by atoms with van der Waals surface area (Å²) >= 11 is 0. The fraction of sp³-hybridized carbons (Fsp3) is 0.188. The highest BCUT2D eigenvalue weighted by Gasteiger charge is 2.30. The van der Waals surface area contributed by atoms with Crippen LogP contribution < -0.4 is 4.72 Å². The summed E-state index contributed by atoms with van der Waals surface area (Å²) in [6.45, 7) is 5.07. The second kappa shape index (κ2) is 6.17. The second-order valence-electron chi connectivity index (χ2n) is 5.64. The van der Waals surface area contributed by atoms with Gasteiger partial charge in [-0.1, -0.05) is 18.2 Å². The summed E-state index contributed by atoms with van der Waals surface area (Å²) in [6, 6.07) is 10.1. The van der Waals surface area contributed by atoms with Crippen LogP contribution in [-0.4, -0.2) is 34.3 Å². The Morgan fingerprint density at radius 3 is 2.44 bits per heavy atom. The molecule has 0 saturated carbocycles. The molecule has 0 aliphatic carbocycles. The number of hydrogen-bond acceptors (Lipinski definition) is 5. The molecule has 0 amide bonds. The van der Waals surface area contributed by atoms with Gasteiger partial charge in [0.05, 0.1) is 5.69 Å². The lowest BCUT2D eigenvalue weighted by atomic mass is 10.2. The van der Waals surface area contributed by atoms with Crippen LogP contribution in [0.15, 0.2) is 41.4 Å². The molecular weight excluding hydrogens is 342 g/mol. The molecule has 0 fully saturated rings. The van der Waals surface area contributed by atoms with Crippen molar-refractivity contribution in [2.75, 3.05) is 4.72 Å². The van der Waals surface area contributed by atoms with Gasteiger partial charge in [-0.15, -0.1) is 0 Å². The molecule has 3 aromatic rings. The molecule has 130 valence electrons. The minimum atomic E-state index is -4.04. The summed E-state index contributed by atoms with van der Waals surface area (Å²) < 4.78 is 29.0. The van der Waals surface area contributed by atoms with E-state index in [1.807, 2.05) is 0 Å². The molecule has 0 bridgehead atoms. The highest BCUT2D eigenvalue weighted by molar-refractivity contribution is 7.92. The minimum absolute atomic E-state index is 0.0327. The standard InChI is InChI=1S/C16H17N5O3S/c1-10-9-11(2)21(19-10)16(22)14-12(3)17-18-15(14)25(23,24)20-13-7-5-4-6-8-13/h4-9,20H,1-3H3,(H,17,18). The lowest BCUT2D eigenvalue weighted by Gasteiger charge is -2.08. The number of aromatic amines is 1. The molecule has 0 spiro atoms. The highest BCUT2D eigenvalue weighted by atomic mass is 32.2. The van der Waals surface area contributed by atoms with Crippen LogP contribution in [0.5, 0.6) is 0 Å². The molecule has 0 radical (unpaired) electrons. The zero-order valence-electron chi connectivity index (χ0n) is 13.9. The van der Waals surface area contributed by atoms with Gasteiger partial charge < -0.3 is 0 Å². The monoisotopic (exact) mass is 359 g/mol. The largest absolute Gasteiger partial charge is 0.283 e. The van der Waals surface area contributed by atoms with Crippen molar-refractivity contribution in [2.45, 2.75) is 25.8 Å². The number of hydrogen-bond donors (Lipinski definition) is 2. The maximum Gasteiger partial charge on any atom is 0.283 e. The van der Waals surface area contributed by atoms with Crippen LogP contribution in [0.2, 0.25) is 0 Å². The van der Waals surface area contributed by atoms with Crippen LogP contribution in [0.1, 0.15) is 27.4 Å². The molecule has 2 N–H and O–H groups in total. The summed E-state index contributed by atoms with van der Waals surface area (Å²) in [5, 5.41) is 10.2. The number of aryl methyl sites for hydroxylation is 3. The SMILES string of the molecule is Cc1cc(C)n(C(=O)c2c(S(=O)(=O)Nc3ccccc3)n[nH]c2C)n1. The molecule has 0 aliphatic heterocycles. The Bertz CT molecular complexity index is 1040. The number of nitrogens with one attached hydrogen (secondary N) is 2. The summed E-state index contributed by atoms with van der Waals surface area (Å²) in [5.74, 6) is -0.551. The van der Waals surface area contributed by atoms with E-state index in [4.69, 9.17) is 0 Å². The van der Waals surface area contributed by atoms with E-state index < -0.39 is 15.9 Å². The minimum Gasteiger partial charge on any atom is -0.281 e. The average molecular weight is 359 g/mol.